The Bertz CT molecular complexity index is 862. The molecule has 4 N–H and O–H groups in total. The Morgan fingerprint density at radius 2 is 1.93 bits per heavy atom. The maximum Gasteiger partial charge on any atom is 0.325 e. The molecule has 0 radical (unpaired) electrons. The van der Waals surface area contributed by atoms with Crippen molar-refractivity contribution in [3.05, 3.63) is 46.2 Å². The van der Waals surface area contributed by atoms with Crippen LogP contribution in [-0.2, 0) is 11.0 Å². The van der Waals surface area contributed by atoms with E-state index in [0.717, 1.165) is 21.9 Å². The van der Waals surface area contributed by atoms with Crippen molar-refractivity contribution in [1.29, 1.82) is 0 Å². The topological polar surface area (TPSA) is 92.8 Å². The first-order chi connectivity index (χ1) is 13.2. The summed E-state index contributed by atoms with van der Waals surface area (Å²) in [6.45, 7) is 2.16. The zero-order chi connectivity index (χ0) is 20.6. The molecule has 1 aromatic heterocycles. The lowest BCUT2D eigenvalue weighted by molar-refractivity contribution is 0.354. The van der Waals surface area contributed by atoms with Gasteiger partial charge >= 0.3 is 7.60 Å². The molecule has 0 spiro atoms. The van der Waals surface area contributed by atoms with E-state index in [1.54, 1.807) is 23.1 Å². The summed E-state index contributed by atoms with van der Waals surface area (Å²) >= 11 is 3.30. The summed E-state index contributed by atoms with van der Waals surface area (Å²) in [5, 5.41) is 0. The third-order valence-electron chi connectivity index (χ3n) is 4.16. The fraction of sp³-hybridized carbons (Fsp3) is 0.400. The van der Waals surface area contributed by atoms with E-state index >= 15 is 0 Å². The number of nitrogens with two attached hydrogens (primary N) is 1. The average Bonchev–Trinajstić information content (AvgIpc) is 3.10. The summed E-state index contributed by atoms with van der Waals surface area (Å²) in [5.41, 5.74) is 5.57. The highest BCUT2D eigenvalue weighted by Gasteiger charge is 2.23. The fourth-order valence-corrected chi connectivity index (χ4v) is 4.52. The van der Waals surface area contributed by atoms with Crippen LogP contribution in [0.4, 0.5) is 0 Å². The number of thioether (sulfide) groups is 1. The van der Waals surface area contributed by atoms with E-state index in [9.17, 15) is 4.57 Å². The predicted molar refractivity (Wildman–Crippen MR) is 117 cm³/mol. The Morgan fingerprint density at radius 1 is 1.21 bits per heavy atom. The molecule has 1 aromatic carbocycles. The molecule has 1 unspecified atom stereocenters. The molecule has 2 rings (SSSR count). The molecular formula is C20H26NO4PS2. The van der Waals surface area contributed by atoms with Crippen LogP contribution in [0.1, 0.15) is 29.5 Å². The molecule has 0 bridgehead atoms. The van der Waals surface area contributed by atoms with Crippen LogP contribution >= 0.6 is 30.7 Å². The Balaban J connectivity index is 1.79. The maximum atomic E-state index is 11.0. The molecule has 0 saturated carbocycles. The van der Waals surface area contributed by atoms with Gasteiger partial charge in [-0.25, -0.2) is 0 Å². The predicted octanol–water partition coefficient (Wildman–Crippen LogP) is 4.12. The lowest BCUT2D eigenvalue weighted by Crippen LogP contribution is -2.37. The molecule has 0 fully saturated rings. The number of benzene rings is 1. The molecule has 5 nitrogen and oxygen atoms in total. The van der Waals surface area contributed by atoms with Crippen LogP contribution < -0.4 is 10.5 Å². The minimum atomic E-state index is -4.00. The number of thiophene rings is 1. The zero-order valence-electron chi connectivity index (χ0n) is 16.1. The number of aryl methyl sites for hydroxylation is 1. The van der Waals surface area contributed by atoms with Gasteiger partial charge in [0.25, 0.3) is 0 Å². The van der Waals surface area contributed by atoms with Gasteiger partial charge in [0, 0.05) is 15.3 Å². The molecule has 1 heterocycles. The van der Waals surface area contributed by atoms with Gasteiger partial charge in [-0.15, -0.1) is 23.1 Å². The molecule has 0 saturated heterocycles. The summed E-state index contributed by atoms with van der Waals surface area (Å²) in [4.78, 5) is 21.3. The van der Waals surface area contributed by atoms with Crippen molar-refractivity contribution in [1.82, 2.24) is 0 Å². The molecule has 0 aliphatic rings. The van der Waals surface area contributed by atoms with Gasteiger partial charge in [-0.3, -0.25) is 4.57 Å². The van der Waals surface area contributed by atoms with Crippen molar-refractivity contribution in [2.75, 3.05) is 19.0 Å². The summed E-state index contributed by atoms with van der Waals surface area (Å²) in [6, 6.07) is 11.9. The van der Waals surface area contributed by atoms with Gasteiger partial charge in [0.05, 0.1) is 11.0 Å². The third-order valence-corrected chi connectivity index (χ3v) is 6.77. The van der Waals surface area contributed by atoms with Crippen molar-refractivity contribution in [2.45, 2.75) is 36.6 Å². The molecular weight excluding hydrogens is 413 g/mol. The van der Waals surface area contributed by atoms with E-state index in [-0.39, 0.29) is 6.16 Å². The highest BCUT2D eigenvalue weighted by Crippen LogP contribution is 2.37. The third kappa shape index (κ3) is 8.83. The van der Waals surface area contributed by atoms with Crippen LogP contribution in [0.2, 0.25) is 0 Å². The molecule has 0 amide bonds. The van der Waals surface area contributed by atoms with Crippen LogP contribution in [0.5, 0.6) is 5.75 Å². The summed E-state index contributed by atoms with van der Waals surface area (Å²) in [5.74, 6) is 6.93. The minimum Gasteiger partial charge on any atom is -0.481 e. The van der Waals surface area contributed by atoms with Crippen LogP contribution in [-0.4, -0.2) is 34.4 Å². The lowest BCUT2D eigenvalue weighted by Gasteiger charge is -2.24. The van der Waals surface area contributed by atoms with E-state index < -0.39 is 13.1 Å². The lowest BCUT2D eigenvalue weighted by atomic mass is 9.94. The first-order valence-corrected chi connectivity index (χ1v) is 12.7. The van der Waals surface area contributed by atoms with Gasteiger partial charge in [-0.2, -0.15) is 0 Å². The van der Waals surface area contributed by atoms with Crippen molar-refractivity contribution in [3.63, 3.8) is 0 Å². The van der Waals surface area contributed by atoms with Crippen LogP contribution in [0.25, 0.3) is 0 Å². The SMILES string of the molecule is CSc1ccc(OCC#Cc2ccc(CCC(C)(N)CCP(=O)(O)O)s2)cc1. The molecule has 28 heavy (non-hydrogen) atoms. The van der Waals surface area contributed by atoms with Gasteiger partial charge in [0.2, 0.25) is 0 Å². The second-order valence-electron chi connectivity index (χ2n) is 6.82. The Kier molecular flexibility index (Phi) is 8.63. The van der Waals surface area contributed by atoms with Gasteiger partial charge in [0.15, 0.2) is 0 Å². The van der Waals surface area contributed by atoms with Crippen LogP contribution in [0.15, 0.2) is 41.3 Å². The molecule has 1 atom stereocenters. The smallest absolute Gasteiger partial charge is 0.325 e. The molecule has 0 aliphatic heterocycles. The van der Waals surface area contributed by atoms with Gasteiger partial charge in [-0.05, 0) is 68.8 Å². The first-order valence-electron chi connectivity index (χ1n) is 8.85. The number of hydrogen-bond donors (Lipinski definition) is 3. The number of ether oxygens (including phenoxy) is 1. The van der Waals surface area contributed by atoms with Crippen LogP contribution in [0, 0.1) is 11.8 Å². The molecule has 8 heteroatoms. The van der Waals surface area contributed by atoms with Crippen molar-refractivity contribution in [3.8, 4) is 17.6 Å². The second kappa shape index (κ2) is 10.5. The number of hydrogen-bond acceptors (Lipinski definition) is 5. The van der Waals surface area contributed by atoms with E-state index in [4.69, 9.17) is 20.3 Å². The Labute approximate surface area is 174 Å². The second-order valence-corrected chi connectivity index (χ2v) is 10.6. The first kappa shape index (κ1) is 23.0. The summed E-state index contributed by atoms with van der Waals surface area (Å²) < 4.78 is 16.6. The van der Waals surface area contributed by atoms with Crippen molar-refractivity contribution in [2.24, 2.45) is 5.73 Å². The quantitative estimate of drug-likeness (QED) is 0.309. The monoisotopic (exact) mass is 439 g/mol. The Morgan fingerprint density at radius 3 is 2.57 bits per heavy atom. The van der Waals surface area contributed by atoms with E-state index in [1.807, 2.05) is 49.6 Å². The highest BCUT2D eigenvalue weighted by molar-refractivity contribution is 7.98. The van der Waals surface area contributed by atoms with E-state index in [1.165, 1.54) is 4.90 Å². The zero-order valence-corrected chi connectivity index (χ0v) is 18.6. The Hall–Kier alpha value is -1.26. The highest BCUT2D eigenvalue weighted by atomic mass is 32.2. The van der Waals surface area contributed by atoms with E-state index in [0.29, 0.717) is 19.4 Å². The maximum absolute atomic E-state index is 11.0. The fourth-order valence-electron chi connectivity index (χ4n) is 2.43. The number of rotatable bonds is 9. The van der Waals surface area contributed by atoms with Gasteiger partial charge in [0.1, 0.15) is 12.4 Å². The summed E-state index contributed by atoms with van der Waals surface area (Å²) in [6.07, 6.45) is 3.58. The molecule has 2 aromatic rings. The normalized spacial score (nSPS) is 13.5. The summed E-state index contributed by atoms with van der Waals surface area (Å²) in [7, 11) is -4.00. The molecule has 152 valence electrons. The minimum absolute atomic E-state index is 0.179. The van der Waals surface area contributed by atoms with Gasteiger partial charge < -0.3 is 20.3 Å². The van der Waals surface area contributed by atoms with E-state index in [2.05, 4.69) is 11.8 Å². The van der Waals surface area contributed by atoms with Gasteiger partial charge in [-0.1, -0.05) is 11.8 Å². The molecule has 0 aliphatic carbocycles. The van der Waals surface area contributed by atoms with Crippen LogP contribution in [0.3, 0.4) is 0 Å². The largest absolute Gasteiger partial charge is 0.481 e. The standard InChI is InChI=1S/C20H26NO4PS2/c1-20(21,13-15-26(22,23)24)12-11-19-10-9-18(28-19)4-3-14-25-16-5-7-17(27-2)8-6-16/h5-10H,11-15,21H2,1-2H3,(H2,22,23,24). The average molecular weight is 440 g/mol. The van der Waals surface area contributed by atoms with Crippen molar-refractivity contribution < 1.29 is 19.1 Å². The van der Waals surface area contributed by atoms with Crippen molar-refractivity contribution >= 4 is 30.7 Å².